The van der Waals surface area contributed by atoms with Gasteiger partial charge in [0, 0.05) is 22.0 Å². The minimum atomic E-state index is -0.407. The second kappa shape index (κ2) is 10.0. The van der Waals surface area contributed by atoms with E-state index in [0.29, 0.717) is 16.0 Å². The molecule has 160 valence electrons. The van der Waals surface area contributed by atoms with Crippen molar-refractivity contribution in [1.82, 2.24) is 10.9 Å². The van der Waals surface area contributed by atoms with Gasteiger partial charge in [0.2, 0.25) is 0 Å². The van der Waals surface area contributed by atoms with Crippen LogP contribution < -0.4 is 15.8 Å². The standard InChI is InChI=1S/C25H22N4O2S/c26-16-19-9-2-5-13-22(19)32-23-14-6-3-11-20(23)25(31)28-27-24(30)17-29-15-7-10-18-8-1-4-12-21(18)29/h1-6,8-9,11-14H,7,10,15,17H2,(H,27,30)(H,28,31). The highest BCUT2D eigenvalue weighted by molar-refractivity contribution is 7.99. The Morgan fingerprint density at radius 2 is 1.66 bits per heavy atom. The van der Waals surface area contributed by atoms with Gasteiger partial charge in [-0.2, -0.15) is 5.26 Å². The van der Waals surface area contributed by atoms with Crippen LogP contribution in [0.4, 0.5) is 5.69 Å². The number of nitrogens with zero attached hydrogens (tertiary/aromatic N) is 2. The fraction of sp³-hybridized carbons (Fsp3) is 0.160. The van der Waals surface area contributed by atoms with Crippen molar-refractivity contribution in [2.24, 2.45) is 0 Å². The monoisotopic (exact) mass is 442 g/mol. The molecule has 0 saturated heterocycles. The zero-order valence-corrected chi connectivity index (χ0v) is 18.2. The molecule has 2 amide bonds. The Hall–Kier alpha value is -3.76. The van der Waals surface area contributed by atoms with Gasteiger partial charge in [0.15, 0.2) is 0 Å². The second-order valence-corrected chi connectivity index (χ2v) is 8.45. The minimum absolute atomic E-state index is 0.170. The molecule has 1 heterocycles. The molecule has 2 N–H and O–H groups in total. The first-order valence-corrected chi connectivity index (χ1v) is 11.2. The fourth-order valence-electron chi connectivity index (χ4n) is 3.69. The summed E-state index contributed by atoms with van der Waals surface area (Å²) in [5.74, 6) is -0.690. The second-order valence-electron chi connectivity index (χ2n) is 7.36. The first-order chi connectivity index (χ1) is 15.7. The van der Waals surface area contributed by atoms with E-state index in [4.69, 9.17) is 0 Å². The van der Waals surface area contributed by atoms with Crippen LogP contribution in [0.5, 0.6) is 0 Å². The lowest BCUT2D eigenvalue weighted by atomic mass is 10.0. The van der Waals surface area contributed by atoms with Gasteiger partial charge < -0.3 is 4.90 Å². The number of fused-ring (bicyclic) bond motifs is 1. The van der Waals surface area contributed by atoms with E-state index in [9.17, 15) is 14.9 Å². The Morgan fingerprint density at radius 3 is 2.50 bits per heavy atom. The molecule has 6 nitrogen and oxygen atoms in total. The minimum Gasteiger partial charge on any atom is -0.362 e. The van der Waals surface area contributed by atoms with Gasteiger partial charge in [0.1, 0.15) is 6.07 Å². The number of nitrogens with one attached hydrogen (secondary N) is 2. The first-order valence-electron chi connectivity index (χ1n) is 10.3. The topological polar surface area (TPSA) is 85.2 Å². The number of carbonyl (C=O) groups is 2. The molecule has 7 heteroatoms. The Balaban J connectivity index is 1.40. The highest BCUT2D eigenvalue weighted by atomic mass is 32.2. The Bertz CT molecular complexity index is 1190. The highest BCUT2D eigenvalue weighted by Gasteiger charge is 2.19. The van der Waals surface area contributed by atoms with Gasteiger partial charge in [-0.05, 0) is 48.7 Å². The van der Waals surface area contributed by atoms with Crippen molar-refractivity contribution in [2.75, 3.05) is 18.0 Å². The molecular formula is C25H22N4O2S. The quantitative estimate of drug-likeness (QED) is 0.585. The highest BCUT2D eigenvalue weighted by Crippen LogP contribution is 2.32. The molecule has 1 aliphatic heterocycles. The summed E-state index contributed by atoms with van der Waals surface area (Å²) in [6.07, 6.45) is 2.00. The molecule has 0 radical (unpaired) electrons. The summed E-state index contributed by atoms with van der Waals surface area (Å²) in [6, 6.07) is 24.6. The van der Waals surface area contributed by atoms with Crippen molar-refractivity contribution >= 4 is 29.3 Å². The van der Waals surface area contributed by atoms with Gasteiger partial charge >= 0.3 is 0 Å². The predicted molar refractivity (Wildman–Crippen MR) is 124 cm³/mol. The number of benzene rings is 3. The average Bonchev–Trinajstić information content (AvgIpc) is 2.83. The molecule has 32 heavy (non-hydrogen) atoms. The van der Waals surface area contributed by atoms with Crippen LogP contribution in [0.2, 0.25) is 0 Å². The number of hydrazine groups is 1. The number of anilines is 1. The SMILES string of the molecule is N#Cc1ccccc1Sc1ccccc1C(=O)NNC(=O)CN1CCCc2ccccc21. The largest absolute Gasteiger partial charge is 0.362 e. The summed E-state index contributed by atoms with van der Waals surface area (Å²) < 4.78 is 0. The van der Waals surface area contributed by atoms with Crippen LogP contribution in [0.25, 0.3) is 0 Å². The molecule has 0 aliphatic carbocycles. The lowest BCUT2D eigenvalue weighted by Crippen LogP contribution is -2.47. The first kappa shape index (κ1) is 21.5. The molecule has 3 aromatic rings. The molecule has 1 aliphatic rings. The molecular weight excluding hydrogens is 420 g/mol. The number of nitriles is 1. The smallest absolute Gasteiger partial charge is 0.270 e. The Kier molecular flexibility index (Phi) is 6.73. The lowest BCUT2D eigenvalue weighted by Gasteiger charge is -2.30. The van der Waals surface area contributed by atoms with E-state index in [-0.39, 0.29) is 12.5 Å². The van der Waals surface area contributed by atoms with Crippen LogP contribution in [-0.2, 0) is 11.2 Å². The number of carbonyl (C=O) groups excluding carboxylic acids is 2. The maximum atomic E-state index is 12.8. The van der Waals surface area contributed by atoms with Crippen LogP contribution >= 0.6 is 11.8 Å². The summed E-state index contributed by atoms with van der Waals surface area (Å²) >= 11 is 1.34. The van der Waals surface area contributed by atoms with E-state index in [0.717, 1.165) is 30.0 Å². The van der Waals surface area contributed by atoms with Crippen molar-refractivity contribution in [3.8, 4) is 6.07 Å². The van der Waals surface area contributed by atoms with Crippen molar-refractivity contribution in [1.29, 1.82) is 5.26 Å². The third-order valence-corrected chi connectivity index (χ3v) is 6.37. The van der Waals surface area contributed by atoms with Crippen molar-refractivity contribution in [3.63, 3.8) is 0 Å². The predicted octanol–water partition coefficient (Wildman–Crippen LogP) is 3.92. The van der Waals surface area contributed by atoms with Crippen LogP contribution in [0.1, 0.15) is 27.9 Å². The van der Waals surface area contributed by atoms with Gasteiger partial charge in [-0.1, -0.05) is 54.2 Å². The summed E-state index contributed by atoms with van der Waals surface area (Å²) in [4.78, 5) is 28.8. The van der Waals surface area contributed by atoms with Gasteiger partial charge in [0.05, 0.1) is 17.7 Å². The fourth-order valence-corrected chi connectivity index (χ4v) is 4.72. The van der Waals surface area contributed by atoms with Gasteiger partial charge in [0.25, 0.3) is 11.8 Å². The number of hydrogen-bond donors (Lipinski definition) is 2. The van der Waals surface area contributed by atoms with E-state index >= 15 is 0 Å². The molecule has 0 aromatic heterocycles. The zero-order valence-electron chi connectivity index (χ0n) is 17.4. The summed E-state index contributed by atoms with van der Waals surface area (Å²) in [6.45, 7) is 0.972. The van der Waals surface area contributed by atoms with E-state index in [1.54, 1.807) is 24.3 Å². The van der Waals surface area contributed by atoms with Crippen LogP contribution in [0.15, 0.2) is 82.6 Å². The van der Waals surface area contributed by atoms with Crippen molar-refractivity contribution in [3.05, 3.63) is 89.5 Å². The van der Waals surface area contributed by atoms with E-state index in [1.165, 1.54) is 17.3 Å². The number of aryl methyl sites for hydroxylation is 1. The normalized spacial score (nSPS) is 12.4. The molecule has 0 saturated carbocycles. The van der Waals surface area contributed by atoms with E-state index in [2.05, 4.69) is 23.0 Å². The summed E-state index contributed by atoms with van der Waals surface area (Å²) in [5.41, 5.74) is 8.33. The zero-order chi connectivity index (χ0) is 22.3. The molecule has 0 bridgehead atoms. The van der Waals surface area contributed by atoms with Crippen LogP contribution in [-0.4, -0.2) is 24.9 Å². The Labute approximate surface area is 191 Å². The van der Waals surface area contributed by atoms with Crippen LogP contribution in [0.3, 0.4) is 0 Å². The maximum Gasteiger partial charge on any atom is 0.270 e. The van der Waals surface area contributed by atoms with Crippen molar-refractivity contribution in [2.45, 2.75) is 22.6 Å². The third kappa shape index (κ3) is 4.93. The molecule has 4 rings (SSSR count). The average molecular weight is 443 g/mol. The van der Waals surface area contributed by atoms with Crippen LogP contribution in [0, 0.1) is 11.3 Å². The number of amides is 2. The van der Waals surface area contributed by atoms with Gasteiger partial charge in [-0.3, -0.25) is 20.4 Å². The summed E-state index contributed by atoms with van der Waals surface area (Å²) in [5, 5.41) is 9.32. The van der Waals surface area contributed by atoms with Gasteiger partial charge in [-0.25, -0.2) is 0 Å². The molecule has 0 fully saturated rings. The number of hydrogen-bond acceptors (Lipinski definition) is 5. The third-order valence-electron chi connectivity index (χ3n) is 5.22. The molecule has 0 spiro atoms. The van der Waals surface area contributed by atoms with E-state index < -0.39 is 5.91 Å². The molecule has 0 atom stereocenters. The van der Waals surface area contributed by atoms with E-state index in [1.807, 2.05) is 47.4 Å². The van der Waals surface area contributed by atoms with Crippen molar-refractivity contribution < 1.29 is 9.59 Å². The summed E-state index contributed by atoms with van der Waals surface area (Å²) in [7, 11) is 0. The molecule has 3 aromatic carbocycles. The number of rotatable bonds is 5. The lowest BCUT2D eigenvalue weighted by molar-refractivity contribution is -0.120. The number of para-hydroxylation sites is 1. The maximum absolute atomic E-state index is 12.8. The molecule has 0 unspecified atom stereocenters. The van der Waals surface area contributed by atoms with Gasteiger partial charge in [-0.15, -0.1) is 0 Å². The Morgan fingerprint density at radius 1 is 0.938 bits per heavy atom.